The molecule has 0 saturated heterocycles. The van der Waals surface area contributed by atoms with Gasteiger partial charge in [-0.3, -0.25) is 5.10 Å². The fourth-order valence-electron chi connectivity index (χ4n) is 2.12. The first-order chi connectivity index (χ1) is 8.34. The van der Waals surface area contributed by atoms with Crippen LogP contribution in [0.4, 0.5) is 0 Å². The molecule has 1 aliphatic rings. The Morgan fingerprint density at radius 2 is 2.18 bits per heavy atom. The predicted molar refractivity (Wildman–Crippen MR) is 61.5 cm³/mol. The van der Waals surface area contributed by atoms with Crippen LogP contribution in [0.3, 0.4) is 0 Å². The van der Waals surface area contributed by atoms with Gasteiger partial charge in [0.15, 0.2) is 0 Å². The maximum Gasteiger partial charge on any atom is 0.338 e. The second kappa shape index (κ2) is 4.05. The molecule has 1 N–H and O–H groups in total. The number of ether oxygens (including phenoxy) is 1. The van der Waals surface area contributed by atoms with E-state index in [1.807, 2.05) is 18.2 Å². The minimum Gasteiger partial charge on any atom is -0.454 e. The molecule has 4 nitrogen and oxygen atoms in total. The number of aryl methyl sites for hydroxylation is 1. The van der Waals surface area contributed by atoms with E-state index >= 15 is 0 Å². The van der Waals surface area contributed by atoms with Crippen molar-refractivity contribution in [3.05, 3.63) is 53.3 Å². The molecule has 0 spiro atoms. The Kier molecular flexibility index (Phi) is 2.40. The summed E-state index contributed by atoms with van der Waals surface area (Å²) in [6, 6.07) is 9.05. The molecule has 1 aromatic heterocycles. The Balaban J connectivity index is 1.75. The van der Waals surface area contributed by atoms with Crippen LogP contribution < -0.4 is 0 Å². The molecule has 86 valence electrons. The molecule has 1 aliphatic carbocycles. The summed E-state index contributed by atoms with van der Waals surface area (Å²) in [5.41, 5.74) is 2.68. The molecule has 2 aromatic rings. The van der Waals surface area contributed by atoms with E-state index in [1.54, 1.807) is 18.3 Å². The van der Waals surface area contributed by atoms with Gasteiger partial charge in [-0.1, -0.05) is 18.2 Å². The van der Waals surface area contributed by atoms with Crippen LogP contribution in [0.15, 0.2) is 36.5 Å². The van der Waals surface area contributed by atoms with E-state index in [9.17, 15) is 4.79 Å². The van der Waals surface area contributed by atoms with Gasteiger partial charge in [0.1, 0.15) is 6.10 Å². The maximum absolute atomic E-state index is 11.9. The van der Waals surface area contributed by atoms with Gasteiger partial charge in [0.05, 0.1) is 11.8 Å². The van der Waals surface area contributed by atoms with Crippen LogP contribution in [0.5, 0.6) is 0 Å². The van der Waals surface area contributed by atoms with E-state index in [2.05, 4.69) is 10.2 Å². The first-order valence-corrected chi connectivity index (χ1v) is 5.63. The highest BCUT2D eigenvalue weighted by molar-refractivity contribution is 5.89. The number of carbonyl (C=O) groups is 1. The maximum atomic E-state index is 11.9. The van der Waals surface area contributed by atoms with Gasteiger partial charge >= 0.3 is 5.97 Å². The first-order valence-electron chi connectivity index (χ1n) is 5.63. The molecule has 1 atom stereocenters. The number of hydrogen-bond donors (Lipinski definition) is 1. The molecule has 17 heavy (non-hydrogen) atoms. The number of H-pyrrole nitrogens is 1. The van der Waals surface area contributed by atoms with Gasteiger partial charge in [0.2, 0.25) is 0 Å². The molecule has 0 bridgehead atoms. The Morgan fingerprint density at radius 1 is 1.35 bits per heavy atom. The van der Waals surface area contributed by atoms with Gasteiger partial charge < -0.3 is 4.74 Å². The fraction of sp³-hybridized carbons (Fsp3) is 0.231. The smallest absolute Gasteiger partial charge is 0.338 e. The number of rotatable bonds is 2. The number of nitrogens with zero attached hydrogens (tertiary/aromatic N) is 1. The lowest BCUT2D eigenvalue weighted by molar-refractivity contribution is 0.0301. The Hall–Kier alpha value is -2.10. The third-order valence-electron chi connectivity index (χ3n) is 3.01. The van der Waals surface area contributed by atoms with E-state index in [-0.39, 0.29) is 12.1 Å². The molecule has 0 aliphatic heterocycles. The fourth-order valence-corrected chi connectivity index (χ4v) is 2.12. The lowest BCUT2D eigenvalue weighted by Gasteiger charge is -2.11. The molecule has 1 unspecified atom stereocenters. The van der Waals surface area contributed by atoms with E-state index in [0.717, 1.165) is 24.1 Å². The standard InChI is InChI=1S/C13H12N2O2/c16-13(9-4-2-1-3-5-9)17-12-7-6-11-10(12)8-14-15-11/h1-5,8,12H,6-7H2,(H,14,15). The average molecular weight is 228 g/mol. The summed E-state index contributed by atoms with van der Waals surface area (Å²) >= 11 is 0. The topological polar surface area (TPSA) is 55.0 Å². The molecule has 0 fully saturated rings. The van der Waals surface area contributed by atoms with Gasteiger partial charge in [0, 0.05) is 11.3 Å². The summed E-state index contributed by atoms with van der Waals surface area (Å²) in [6.07, 6.45) is 3.31. The molecule has 0 amide bonds. The molecule has 3 rings (SSSR count). The molecule has 0 radical (unpaired) electrons. The van der Waals surface area contributed by atoms with Gasteiger partial charge in [-0.15, -0.1) is 0 Å². The molecular weight excluding hydrogens is 216 g/mol. The van der Waals surface area contributed by atoms with Crippen LogP contribution in [0.2, 0.25) is 0 Å². The van der Waals surface area contributed by atoms with Gasteiger partial charge in [-0.25, -0.2) is 4.79 Å². The van der Waals surface area contributed by atoms with Crippen molar-refractivity contribution in [2.75, 3.05) is 0 Å². The van der Waals surface area contributed by atoms with Crippen molar-refractivity contribution >= 4 is 5.97 Å². The van der Waals surface area contributed by atoms with Crippen LogP contribution in [0.1, 0.15) is 34.1 Å². The van der Waals surface area contributed by atoms with Crippen LogP contribution in [-0.4, -0.2) is 16.2 Å². The molecule has 4 heteroatoms. The van der Waals surface area contributed by atoms with Crippen LogP contribution in [0, 0.1) is 0 Å². The zero-order valence-corrected chi connectivity index (χ0v) is 9.22. The monoisotopic (exact) mass is 228 g/mol. The van der Waals surface area contributed by atoms with Crippen molar-refractivity contribution in [2.24, 2.45) is 0 Å². The predicted octanol–water partition coefficient (Wildman–Crippen LogP) is 2.25. The van der Waals surface area contributed by atoms with Crippen LogP contribution in [0.25, 0.3) is 0 Å². The number of benzene rings is 1. The number of aromatic nitrogens is 2. The van der Waals surface area contributed by atoms with Gasteiger partial charge in [-0.05, 0) is 25.0 Å². The number of carbonyl (C=O) groups excluding carboxylic acids is 1. The average Bonchev–Trinajstić information content (AvgIpc) is 2.95. The number of esters is 1. The second-order valence-electron chi connectivity index (χ2n) is 4.10. The SMILES string of the molecule is O=C(OC1CCc2[nH]ncc21)c1ccccc1. The summed E-state index contributed by atoms with van der Waals surface area (Å²) in [5.74, 6) is -0.273. The third-order valence-corrected chi connectivity index (χ3v) is 3.01. The van der Waals surface area contributed by atoms with Crippen molar-refractivity contribution < 1.29 is 9.53 Å². The summed E-state index contributed by atoms with van der Waals surface area (Å²) in [7, 11) is 0. The Labute approximate surface area is 98.6 Å². The summed E-state index contributed by atoms with van der Waals surface area (Å²) in [4.78, 5) is 11.9. The van der Waals surface area contributed by atoms with Crippen molar-refractivity contribution in [1.29, 1.82) is 0 Å². The van der Waals surface area contributed by atoms with E-state index in [1.165, 1.54) is 0 Å². The lowest BCUT2D eigenvalue weighted by atomic mass is 10.2. The number of nitrogens with one attached hydrogen (secondary N) is 1. The second-order valence-corrected chi connectivity index (χ2v) is 4.10. The van der Waals surface area contributed by atoms with Crippen molar-refractivity contribution in [2.45, 2.75) is 18.9 Å². The zero-order chi connectivity index (χ0) is 11.7. The van der Waals surface area contributed by atoms with E-state index in [4.69, 9.17) is 4.74 Å². The van der Waals surface area contributed by atoms with Crippen LogP contribution in [-0.2, 0) is 11.2 Å². The molecule has 0 saturated carbocycles. The van der Waals surface area contributed by atoms with Crippen LogP contribution >= 0.6 is 0 Å². The van der Waals surface area contributed by atoms with Crippen molar-refractivity contribution in [3.63, 3.8) is 0 Å². The lowest BCUT2D eigenvalue weighted by Crippen LogP contribution is -2.09. The largest absolute Gasteiger partial charge is 0.454 e. The third kappa shape index (κ3) is 1.82. The summed E-state index contributed by atoms with van der Waals surface area (Å²) in [5, 5.41) is 6.88. The zero-order valence-electron chi connectivity index (χ0n) is 9.22. The molecular formula is C13H12N2O2. The quantitative estimate of drug-likeness (QED) is 0.802. The summed E-state index contributed by atoms with van der Waals surface area (Å²) < 4.78 is 5.48. The highest BCUT2D eigenvalue weighted by Gasteiger charge is 2.27. The summed E-state index contributed by atoms with van der Waals surface area (Å²) in [6.45, 7) is 0. The highest BCUT2D eigenvalue weighted by Crippen LogP contribution is 2.32. The Morgan fingerprint density at radius 3 is 3.00 bits per heavy atom. The first kappa shape index (κ1) is 10.1. The minimum absolute atomic E-state index is 0.156. The van der Waals surface area contributed by atoms with E-state index in [0.29, 0.717) is 5.56 Å². The van der Waals surface area contributed by atoms with Crippen molar-refractivity contribution in [3.8, 4) is 0 Å². The van der Waals surface area contributed by atoms with E-state index < -0.39 is 0 Å². The highest BCUT2D eigenvalue weighted by atomic mass is 16.5. The minimum atomic E-state index is -0.273. The van der Waals surface area contributed by atoms with Crippen molar-refractivity contribution in [1.82, 2.24) is 10.2 Å². The number of aromatic amines is 1. The molecule has 1 aromatic carbocycles. The number of fused-ring (bicyclic) bond motifs is 1. The number of hydrogen-bond acceptors (Lipinski definition) is 3. The Bertz CT molecular complexity index is 533. The van der Waals surface area contributed by atoms with Gasteiger partial charge in [0.25, 0.3) is 0 Å². The molecule has 1 heterocycles. The van der Waals surface area contributed by atoms with Gasteiger partial charge in [-0.2, -0.15) is 5.10 Å². The normalized spacial score (nSPS) is 17.8.